The predicted octanol–water partition coefficient (Wildman–Crippen LogP) is -0.896. The van der Waals surface area contributed by atoms with Gasteiger partial charge in [0.1, 0.15) is 12.2 Å². The van der Waals surface area contributed by atoms with E-state index in [1.54, 1.807) is 6.33 Å². The number of carbonyl (C=O) groups excluding carboxylic acids is 1. The van der Waals surface area contributed by atoms with Crippen molar-refractivity contribution in [1.29, 1.82) is 0 Å². The van der Waals surface area contributed by atoms with Crippen LogP contribution < -0.4 is 5.32 Å². The SMILES string of the molecule is Cn1cnnc1CCNC=O. The van der Waals surface area contributed by atoms with Crippen molar-refractivity contribution in [2.45, 2.75) is 6.42 Å². The molecule has 0 saturated carbocycles. The predicted molar refractivity (Wildman–Crippen MR) is 38.8 cm³/mol. The minimum atomic E-state index is 0.607. The molecule has 0 aromatic carbocycles. The molecule has 0 aliphatic carbocycles. The van der Waals surface area contributed by atoms with Gasteiger partial charge in [-0.25, -0.2) is 0 Å². The van der Waals surface area contributed by atoms with E-state index in [1.807, 2.05) is 11.6 Å². The smallest absolute Gasteiger partial charge is 0.207 e. The van der Waals surface area contributed by atoms with E-state index in [4.69, 9.17) is 0 Å². The number of hydrogen-bond donors (Lipinski definition) is 1. The Bertz CT molecular complexity index is 232. The minimum Gasteiger partial charge on any atom is -0.358 e. The molecule has 1 heterocycles. The number of amides is 1. The topological polar surface area (TPSA) is 59.8 Å². The Hall–Kier alpha value is -1.39. The van der Waals surface area contributed by atoms with Gasteiger partial charge >= 0.3 is 0 Å². The standard InChI is InChI=1S/C6H10N4O/c1-10-4-8-9-6(10)2-3-7-5-11/h4-5H,2-3H2,1H3,(H,7,11). The molecule has 1 amide bonds. The highest BCUT2D eigenvalue weighted by Gasteiger charge is 1.97. The fourth-order valence-electron chi connectivity index (χ4n) is 0.776. The highest BCUT2D eigenvalue weighted by Crippen LogP contribution is 1.90. The number of nitrogens with zero attached hydrogens (tertiary/aromatic N) is 3. The number of hydrogen-bond acceptors (Lipinski definition) is 3. The molecule has 0 unspecified atom stereocenters. The molecule has 1 aromatic heterocycles. The average molecular weight is 154 g/mol. The van der Waals surface area contributed by atoms with Gasteiger partial charge in [0.15, 0.2) is 0 Å². The van der Waals surface area contributed by atoms with Crippen LogP contribution in [0.2, 0.25) is 0 Å². The van der Waals surface area contributed by atoms with E-state index in [0.29, 0.717) is 13.0 Å². The maximum Gasteiger partial charge on any atom is 0.207 e. The van der Waals surface area contributed by atoms with Gasteiger partial charge < -0.3 is 9.88 Å². The van der Waals surface area contributed by atoms with Crippen molar-refractivity contribution < 1.29 is 4.79 Å². The van der Waals surface area contributed by atoms with Gasteiger partial charge in [-0.3, -0.25) is 4.79 Å². The lowest BCUT2D eigenvalue weighted by molar-refractivity contribution is -0.109. The Balaban J connectivity index is 2.38. The van der Waals surface area contributed by atoms with Crippen LogP contribution in [0.1, 0.15) is 5.82 Å². The molecule has 0 saturated heterocycles. The zero-order chi connectivity index (χ0) is 8.10. The largest absolute Gasteiger partial charge is 0.358 e. The summed E-state index contributed by atoms with van der Waals surface area (Å²) in [4.78, 5) is 9.86. The quantitative estimate of drug-likeness (QED) is 0.452. The molecule has 0 aliphatic heterocycles. The van der Waals surface area contributed by atoms with Gasteiger partial charge in [-0.1, -0.05) is 0 Å². The molecule has 5 nitrogen and oxygen atoms in total. The molecule has 5 heteroatoms. The molecule has 1 rings (SSSR count). The second kappa shape index (κ2) is 3.70. The summed E-state index contributed by atoms with van der Waals surface area (Å²) < 4.78 is 1.83. The molecule has 1 aromatic rings. The first-order valence-corrected chi connectivity index (χ1v) is 3.34. The van der Waals surface area contributed by atoms with E-state index in [2.05, 4.69) is 15.5 Å². The van der Waals surface area contributed by atoms with Gasteiger partial charge in [0.2, 0.25) is 6.41 Å². The number of rotatable bonds is 4. The number of aryl methyl sites for hydroxylation is 1. The molecular formula is C6H10N4O. The van der Waals surface area contributed by atoms with Crippen molar-refractivity contribution >= 4 is 6.41 Å². The lowest BCUT2D eigenvalue weighted by Crippen LogP contribution is -2.16. The monoisotopic (exact) mass is 154 g/mol. The van der Waals surface area contributed by atoms with Crippen molar-refractivity contribution in [1.82, 2.24) is 20.1 Å². The van der Waals surface area contributed by atoms with Crippen LogP contribution in [0, 0.1) is 0 Å². The third-order valence-corrected chi connectivity index (χ3v) is 1.38. The fraction of sp³-hybridized carbons (Fsp3) is 0.500. The van der Waals surface area contributed by atoms with Crippen LogP contribution in [0.25, 0.3) is 0 Å². The van der Waals surface area contributed by atoms with E-state index in [-0.39, 0.29) is 0 Å². The van der Waals surface area contributed by atoms with Gasteiger partial charge in [-0.2, -0.15) is 0 Å². The Morgan fingerprint density at radius 2 is 2.64 bits per heavy atom. The molecule has 0 spiro atoms. The summed E-state index contributed by atoms with van der Waals surface area (Å²) in [6.07, 6.45) is 3.03. The Labute approximate surface area is 64.4 Å². The van der Waals surface area contributed by atoms with E-state index in [9.17, 15) is 4.79 Å². The van der Waals surface area contributed by atoms with Gasteiger partial charge in [-0.05, 0) is 0 Å². The van der Waals surface area contributed by atoms with Crippen LogP contribution in [0.3, 0.4) is 0 Å². The van der Waals surface area contributed by atoms with E-state index in [1.165, 1.54) is 0 Å². The molecule has 60 valence electrons. The third-order valence-electron chi connectivity index (χ3n) is 1.38. The minimum absolute atomic E-state index is 0.607. The second-order valence-electron chi connectivity index (χ2n) is 2.18. The molecule has 0 fully saturated rings. The summed E-state index contributed by atoms with van der Waals surface area (Å²) in [5, 5.41) is 10.1. The summed E-state index contributed by atoms with van der Waals surface area (Å²) in [5.41, 5.74) is 0. The first-order valence-electron chi connectivity index (χ1n) is 3.34. The van der Waals surface area contributed by atoms with Gasteiger partial charge in [0.05, 0.1) is 0 Å². The summed E-state index contributed by atoms with van der Waals surface area (Å²) in [6.45, 7) is 0.607. The fourth-order valence-corrected chi connectivity index (χ4v) is 0.776. The molecule has 1 N–H and O–H groups in total. The zero-order valence-corrected chi connectivity index (χ0v) is 6.32. The summed E-state index contributed by atoms with van der Waals surface area (Å²) in [5.74, 6) is 0.874. The van der Waals surface area contributed by atoms with E-state index < -0.39 is 0 Å². The first kappa shape index (κ1) is 7.71. The lowest BCUT2D eigenvalue weighted by Gasteiger charge is -1.97. The van der Waals surface area contributed by atoms with Gasteiger partial charge in [0, 0.05) is 20.0 Å². The Kier molecular flexibility index (Phi) is 2.59. The van der Waals surface area contributed by atoms with Crippen molar-refractivity contribution in [3.05, 3.63) is 12.2 Å². The second-order valence-corrected chi connectivity index (χ2v) is 2.18. The number of carbonyl (C=O) groups is 1. The van der Waals surface area contributed by atoms with Crippen LogP contribution >= 0.6 is 0 Å². The Morgan fingerprint density at radius 3 is 3.18 bits per heavy atom. The van der Waals surface area contributed by atoms with Crippen LogP contribution in [-0.4, -0.2) is 27.7 Å². The first-order chi connectivity index (χ1) is 5.34. The third kappa shape index (κ3) is 2.03. The van der Waals surface area contributed by atoms with Crippen molar-refractivity contribution in [2.75, 3.05) is 6.54 Å². The summed E-state index contributed by atoms with van der Waals surface area (Å²) in [7, 11) is 1.87. The normalized spacial score (nSPS) is 9.55. The van der Waals surface area contributed by atoms with Crippen molar-refractivity contribution in [3.63, 3.8) is 0 Å². The summed E-state index contributed by atoms with van der Waals surface area (Å²) in [6, 6.07) is 0. The number of nitrogens with one attached hydrogen (secondary N) is 1. The highest BCUT2D eigenvalue weighted by molar-refractivity contribution is 5.45. The lowest BCUT2D eigenvalue weighted by atomic mass is 10.4. The van der Waals surface area contributed by atoms with E-state index >= 15 is 0 Å². The van der Waals surface area contributed by atoms with Crippen LogP contribution in [0.15, 0.2) is 6.33 Å². The number of aromatic nitrogens is 3. The van der Waals surface area contributed by atoms with Crippen LogP contribution in [0.4, 0.5) is 0 Å². The molecule has 0 aliphatic rings. The van der Waals surface area contributed by atoms with Gasteiger partial charge in [0.25, 0.3) is 0 Å². The van der Waals surface area contributed by atoms with Crippen LogP contribution in [-0.2, 0) is 18.3 Å². The average Bonchev–Trinajstić information content (AvgIpc) is 2.37. The van der Waals surface area contributed by atoms with E-state index in [0.717, 1.165) is 12.2 Å². The molecule has 0 atom stereocenters. The maximum atomic E-state index is 9.86. The molecule has 0 radical (unpaired) electrons. The molecular weight excluding hydrogens is 144 g/mol. The summed E-state index contributed by atoms with van der Waals surface area (Å²) >= 11 is 0. The maximum absolute atomic E-state index is 9.86. The molecule has 11 heavy (non-hydrogen) atoms. The highest BCUT2D eigenvalue weighted by atomic mass is 16.1. The van der Waals surface area contributed by atoms with Gasteiger partial charge in [-0.15, -0.1) is 10.2 Å². The van der Waals surface area contributed by atoms with Crippen molar-refractivity contribution in [2.24, 2.45) is 7.05 Å². The Morgan fingerprint density at radius 1 is 1.82 bits per heavy atom. The molecule has 0 bridgehead atoms. The zero-order valence-electron chi connectivity index (χ0n) is 6.32. The van der Waals surface area contributed by atoms with Crippen LogP contribution in [0.5, 0.6) is 0 Å². The van der Waals surface area contributed by atoms with Crippen molar-refractivity contribution in [3.8, 4) is 0 Å².